The molecule has 112 valence electrons. The fraction of sp³-hybridized carbons (Fsp3) is 0.400. The van der Waals surface area contributed by atoms with E-state index in [1.165, 1.54) is 0 Å². The molecule has 0 unspecified atom stereocenters. The number of fused-ring (bicyclic) bond motifs is 1. The van der Waals surface area contributed by atoms with Gasteiger partial charge in [-0.15, -0.1) is 0 Å². The molecule has 21 heavy (non-hydrogen) atoms. The minimum absolute atomic E-state index is 0.236. The molecule has 6 nitrogen and oxygen atoms in total. The van der Waals surface area contributed by atoms with Crippen molar-refractivity contribution < 1.29 is 29.2 Å². The Morgan fingerprint density at radius 2 is 1.95 bits per heavy atom. The summed E-state index contributed by atoms with van der Waals surface area (Å²) in [5.41, 5.74) is 1.04. The Morgan fingerprint density at radius 3 is 2.67 bits per heavy atom. The molecule has 3 rings (SSSR count). The van der Waals surface area contributed by atoms with Crippen LogP contribution in [0.1, 0.15) is 5.56 Å². The Morgan fingerprint density at radius 1 is 1.19 bits per heavy atom. The van der Waals surface area contributed by atoms with Crippen molar-refractivity contribution >= 4 is 12.0 Å². The van der Waals surface area contributed by atoms with Crippen LogP contribution in [0.5, 0.6) is 0 Å². The van der Waals surface area contributed by atoms with Crippen molar-refractivity contribution in [3.8, 4) is 0 Å². The Bertz CT molecular complexity index is 528. The number of benzene rings is 1. The molecule has 6 heteroatoms. The highest BCUT2D eigenvalue weighted by Crippen LogP contribution is 2.32. The van der Waals surface area contributed by atoms with Crippen LogP contribution in [0.4, 0.5) is 0 Å². The van der Waals surface area contributed by atoms with Gasteiger partial charge in [-0.05, 0) is 5.56 Å². The quantitative estimate of drug-likeness (QED) is 0.765. The van der Waals surface area contributed by atoms with Crippen molar-refractivity contribution in [1.29, 1.82) is 0 Å². The zero-order valence-corrected chi connectivity index (χ0v) is 11.2. The number of rotatable bonds is 4. The Hall–Kier alpha value is -1.73. The van der Waals surface area contributed by atoms with Crippen LogP contribution in [-0.2, 0) is 19.0 Å². The summed E-state index contributed by atoms with van der Waals surface area (Å²) in [6, 6.07) is 9.71. The van der Waals surface area contributed by atoms with Crippen LogP contribution in [0.25, 0.3) is 6.08 Å². The van der Waals surface area contributed by atoms with Crippen LogP contribution in [-0.4, -0.2) is 53.5 Å². The molecule has 2 aliphatic heterocycles. The second kappa shape index (κ2) is 5.95. The maximum absolute atomic E-state index is 11.1. The first-order valence-electron chi connectivity index (χ1n) is 6.72. The molecule has 2 fully saturated rings. The van der Waals surface area contributed by atoms with Gasteiger partial charge in [0.15, 0.2) is 18.5 Å². The summed E-state index contributed by atoms with van der Waals surface area (Å²) in [5, 5.41) is 19.5. The van der Waals surface area contributed by atoms with Crippen LogP contribution in [0, 0.1) is 0 Å². The molecule has 1 aromatic carbocycles. The van der Waals surface area contributed by atoms with Gasteiger partial charge < -0.3 is 24.4 Å². The summed E-state index contributed by atoms with van der Waals surface area (Å²) in [5.74, 6) is -0.772. The second-order valence-corrected chi connectivity index (χ2v) is 4.95. The Labute approximate surface area is 121 Å². The molecule has 0 amide bonds. The first-order valence-corrected chi connectivity index (χ1v) is 6.72. The van der Waals surface area contributed by atoms with Crippen molar-refractivity contribution in [3.05, 3.63) is 42.0 Å². The molecule has 5 atom stereocenters. The number of hydrogen-bond acceptors (Lipinski definition) is 6. The summed E-state index contributed by atoms with van der Waals surface area (Å²) in [7, 11) is 0. The Balaban J connectivity index is 1.51. The monoisotopic (exact) mass is 292 g/mol. The van der Waals surface area contributed by atoms with Crippen LogP contribution in [0.2, 0.25) is 0 Å². The number of aliphatic hydroxyl groups excluding tert-OH is 2. The highest BCUT2D eigenvalue weighted by atomic mass is 16.7. The molecular weight excluding hydrogens is 276 g/mol. The number of ether oxygens (including phenoxy) is 3. The second-order valence-electron chi connectivity index (χ2n) is 4.95. The standard InChI is InChI=1S/C15H16O6/c16-10-12-13(20-14(10)18)11(17)15(21-12)19-8-4-7-9-5-2-1-3-6-9/h1-7,10-13,15-17H,8H2/t10-,11+,12+,13+,15-/m0/s1. The van der Waals surface area contributed by atoms with Gasteiger partial charge in [0.05, 0.1) is 6.61 Å². The summed E-state index contributed by atoms with van der Waals surface area (Å²) < 4.78 is 15.6. The van der Waals surface area contributed by atoms with E-state index in [9.17, 15) is 15.0 Å². The summed E-state index contributed by atoms with van der Waals surface area (Å²) in [6.07, 6.45) is -1.42. The van der Waals surface area contributed by atoms with Gasteiger partial charge in [0.25, 0.3) is 0 Å². The van der Waals surface area contributed by atoms with Crippen molar-refractivity contribution in [3.63, 3.8) is 0 Å². The van der Waals surface area contributed by atoms with Crippen LogP contribution in [0.15, 0.2) is 36.4 Å². The maximum atomic E-state index is 11.1. The summed E-state index contributed by atoms with van der Waals surface area (Å²) in [4.78, 5) is 11.1. The molecule has 2 heterocycles. The lowest BCUT2D eigenvalue weighted by Gasteiger charge is -2.16. The van der Waals surface area contributed by atoms with E-state index >= 15 is 0 Å². The van der Waals surface area contributed by atoms with Gasteiger partial charge >= 0.3 is 5.97 Å². The zero-order chi connectivity index (χ0) is 14.8. The molecule has 2 N–H and O–H groups in total. The molecule has 2 saturated heterocycles. The molecule has 0 radical (unpaired) electrons. The minimum atomic E-state index is -1.36. The largest absolute Gasteiger partial charge is 0.454 e. The van der Waals surface area contributed by atoms with E-state index in [0.29, 0.717) is 0 Å². The average molecular weight is 292 g/mol. The fourth-order valence-corrected chi connectivity index (χ4v) is 2.43. The van der Waals surface area contributed by atoms with Crippen molar-refractivity contribution in [1.82, 2.24) is 0 Å². The molecule has 2 aliphatic rings. The highest BCUT2D eigenvalue weighted by molar-refractivity contribution is 5.78. The molecular formula is C15H16O6. The number of hydrogen-bond donors (Lipinski definition) is 2. The van der Waals surface area contributed by atoms with Crippen LogP contribution >= 0.6 is 0 Å². The normalized spacial score (nSPS) is 35.1. The van der Waals surface area contributed by atoms with E-state index in [-0.39, 0.29) is 6.61 Å². The number of esters is 1. The topological polar surface area (TPSA) is 85.2 Å². The maximum Gasteiger partial charge on any atom is 0.338 e. The van der Waals surface area contributed by atoms with E-state index in [1.54, 1.807) is 6.08 Å². The Kier molecular flexibility index (Phi) is 4.03. The third-order valence-electron chi connectivity index (χ3n) is 3.50. The van der Waals surface area contributed by atoms with E-state index in [4.69, 9.17) is 14.2 Å². The first kappa shape index (κ1) is 14.2. The first-order chi connectivity index (χ1) is 10.2. The molecule has 0 aliphatic carbocycles. The van der Waals surface area contributed by atoms with Gasteiger partial charge in [0.1, 0.15) is 12.2 Å². The lowest BCUT2D eigenvalue weighted by molar-refractivity contribution is -0.182. The van der Waals surface area contributed by atoms with E-state index in [2.05, 4.69) is 0 Å². The lowest BCUT2D eigenvalue weighted by Crippen LogP contribution is -2.33. The van der Waals surface area contributed by atoms with Crippen LogP contribution < -0.4 is 0 Å². The van der Waals surface area contributed by atoms with Crippen molar-refractivity contribution in [2.24, 2.45) is 0 Å². The van der Waals surface area contributed by atoms with E-state index < -0.39 is 36.7 Å². The van der Waals surface area contributed by atoms with Crippen molar-refractivity contribution in [2.45, 2.75) is 30.7 Å². The molecule has 0 saturated carbocycles. The minimum Gasteiger partial charge on any atom is -0.454 e. The van der Waals surface area contributed by atoms with Crippen molar-refractivity contribution in [2.75, 3.05) is 6.61 Å². The van der Waals surface area contributed by atoms with Gasteiger partial charge in [0.2, 0.25) is 0 Å². The summed E-state index contributed by atoms with van der Waals surface area (Å²) in [6.45, 7) is 0.236. The van der Waals surface area contributed by atoms with Gasteiger partial charge in [-0.3, -0.25) is 0 Å². The molecule has 0 bridgehead atoms. The van der Waals surface area contributed by atoms with Crippen LogP contribution in [0.3, 0.4) is 0 Å². The smallest absolute Gasteiger partial charge is 0.338 e. The molecule has 0 spiro atoms. The van der Waals surface area contributed by atoms with Gasteiger partial charge in [-0.1, -0.05) is 42.5 Å². The van der Waals surface area contributed by atoms with E-state index in [0.717, 1.165) is 5.56 Å². The number of aliphatic hydroxyl groups is 2. The van der Waals surface area contributed by atoms with Gasteiger partial charge in [0, 0.05) is 0 Å². The predicted molar refractivity (Wildman–Crippen MR) is 72.0 cm³/mol. The predicted octanol–water partition coefficient (Wildman–Crippen LogP) is 0.0885. The number of carbonyl (C=O) groups is 1. The average Bonchev–Trinajstić information content (AvgIpc) is 2.95. The van der Waals surface area contributed by atoms with Gasteiger partial charge in [-0.2, -0.15) is 0 Å². The fourth-order valence-electron chi connectivity index (χ4n) is 2.43. The SMILES string of the molecule is O=C1O[C@@H]2[C@@H](O)[C@@H](OCC=Cc3ccccc3)O[C@@H]2[C@@H]1O. The molecule has 1 aromatic rings. The molecule has 0 aromatic heterocycles. The summed E-state index contributed by atoms with van der Waals surface area (Å²) >= 11 is 0. The highest BCUT2D eigenvalue weighted by Gasteiger charge is 2.56. The third kappa shape index (κ3) is 2.84. The zero-order valence-electron chi connectivity index (χ0n) is 11.2. The number of carbonyl (C=O) groups excluding carboxylic acids is 1. The third-order valence-corrected chi connectivity index (χ3v) is 3.50. The van der Waals surface area contributed by atoms with Gasteiger partial charge in [-0.25, -0.2) is 4.79 Å². The van der Waals surface area contributed by atoms with E-state index in [1.807, 2.05) is 36.4 Å². The lowest BCUT2D eigenvalue weighted by atomic mass is 10.1.